The van der Waals surface area contributed by atoms with Gasteiger partial charge in [0.15, 0.2) is 0 Å². The van der Waals surface area contributed by atoms with Crippen LogP contribution in [0.1, 0.15) is 11.6 Å². The molecule has 1 fully saturated rings. The number of alkyl halides is 4. The highest BCUT2D eigenvalue weighted by Gasteiger charge is 2.44. The molecule has 0 unspecified atom stereocenters. The summed E-state index contributed by atoms with van der Waals surface area (Å²) in [6, 6.07) is 4.43. The highest BCUT2D eigenvalue weighted by atomic mass is 19.3. The second-order valence-corrected chi connectivity index (χ2v) is 3.91. The first-order valence-corrected chi connectivity index (χ1v) is 5.38. The molecule has 0 saturated carbocycles. The van der Waals surface area contributed by atoms with Crippen LogP contribution in [-0.4, -0.2) is 25.1 Å². The number of halogens is 4. The van der Waals surface area contributed by atoms with E-state index in [1.807, 2.05) is 0 Å². The molecule has 1 aliphatic rings. The van der Waals surface area contributed by atoms with Gasteiger partial charge in [0.1, 0.15) is 5.75 Å². The molecule has 1 heterocycles. The smallest absolute Gasteiger partial charge is 0.428 e. The van der Waals surface area contributed by atoms with Crippen molar-refractivity contribution >= 4 is 6.03 Å². The van der Waals surface area contributed by atoms with Gasteiger partial charge in [-0.3, -0.25) is 0 Å². The SMILES string of the molecule is O=C1NC[C@H](c2ccccc2OC(F)(F)C(F)F)N1. The predicted molar refractivity (Wildman–Crippen MR) is 57.3 cm³/mol. The zero-order valence-corrected chi connectivity index (χ0v) is 9.50. The fourth-order valence-electron chi connectivity index (χ4n) is 1.70. The molecule has 2 N–H and O–H groups in total. The molecule has 4 nitrogen and oxygen atoms in total. The van der Waals surface area contributed by atoms with Gasteiger partial charge >= 0.3 is 18.6 Å². The Morgan fingerprint density at radius 2 is 2.00 bits per heavy atom. The number of urea groups is 1. The van der Waals surface area contributed by atoms with Gasteiger partial charge in [0.25, 0.3) is 0 Å². The first-order chi connectivity index (χ1) is 8.90. The minimum atomic E-state index is -4.58. The van der Waals surface area contributed by atoms with E-state index < -0.39 is 24.6 Å². The minimum absolute atomic E-state index is 0.166. The molecule has 8 heteroatoms. The first-order valence-electron chi connectivity index (χ1n) is 5.38. The van der Waals surface area contributed by atoms with Gasteiger partial charge in [0.05, 0.1) is 6.04 Å². The molecule has 1 aliphatic heterocycles. The average Bonchev–Trinajstić information content (AvgIpc) is 2.76. The Morgan fingerprint density at radius 1 is 1.32 bits per heavy atom. The summed E-state index contributed by atoms with van der Waals surface area (Å²) in [7, 11) is 0. The predicted octanol–water partition coefficient (Wildman–Crippen LogP) is 2.28. The number of carbonyl (C=O) groups excluding carboxylic acids is 1. The monoisotopic (exact) mass is 278 g/mol. The third kappa shape index (κ3) is 2.88. The minimum Gasteiger partial charge on any atom is -0.428 e. The van der Waals surface area contributed by atoms with Crippen LogP contribution in [-0.2, 0) is 0 Å². The van der Waals surface area contributed by atoms with Crippen molar-refractivity contribution < 1.29 is 27.1 Å². The maximum absolute atomic E-state index is 12.9. The lowest BCUT2D eigenvalue weighted by Gasteiger charge is -2.20. The molecule has 1 aromatic rings. The topological polar surface area (TPSA) is 50.4 Å². The van der Waals surface area contributed by atoms with Crippen LogP contribution in [0.5, 0.6) is 5.75 Å². The van der Waals surface area contributed by atoms with E-state index in [0.29, 0.717) is 0 Å². The van der Waals surface area contributed by atoms with Crippen LogP contribution >= 0.6 is 0 Å². The Labute approximate surface area is 105 Å². The van der Waals surface area contributed by atoms with Crippen LogP contribution in [0.25, 0.3) is 0 Å². The van der Waals surface area contributed by atoms with Crippen molar-refractivity contribution in [1.82, 2.24) is 10.6 Å². The summed E-state index contributed by atoms with van der Waals surface area (Å²) >= 11 is 0. The van der Waals surface area contributed by atoms with Crippen molar-refractivity contribution in [3.63, 3.8) is 0 Å². The molecule has 19 heavy (non-hydrogen) atoms. The van der Waals surface area contributed by atoms with Crippen LogP contribution in [0.4, 0.5) is 22.4 Å². The van der Waals surface area contributed by atoms with E-state index in [-0.39, 0.29) is 17.9 Å². The molecule has 1 saturated heterocycles. The maximum atomic E-state index is 12.9. The van der Waals surface area contributed by atoms with Gasteiger partial charge in [-0.25, -0.2) is 4.79 Å². The molecule has 0 aliphatic carbocycles. The number of ether oxygens (including phenoxy) is 1. The Bertz CT molecular complexity index is 482. The summed E-state index contributed by atoms with van der Waals surface area (Å²) in [5, 5.41) is 4.90. The summed E-state index contributed by atoms with van der Waals surface area (Å²) in [5.41, 5.74) is 0.209. The number of amides is 2. The first kappa shape index (κ1) is 13.4. The molecule has 2 amide bonds. The molecule has 0 bridgehead atoms. The highest BCUT2D eigenvalue weighted by molar-refractivity contribution is 5.77. The van der Waals surface area contributed by atoms with Gasteiger partial charge in [0.2, 0.25) is 0 Å². The molecule has 1 atom stereocenters. The molecule has 1 aromatic carbocycles. The third-order valence-electron chi connectivity index (χ3n) is 2.57. The second-order valence-electron chi connectivity index (χ2n) is 3.91. The van der Waals surface area contributed by atoms with E-state index in [1.165, 1.54) is 18.2 Å². The highest BCUT2D eigenvalue weighted by Crippen LogP contribution is 2.33. The quantitative estimate of drug-likeness (QED) is 0.830. The summed E-state index contributed by atoms with van der Waals surface area (Å²) in [4.78, 5) is 11.0. The van der Waals surface area contributed by atoms with Crippen LogP contribution in [0.15, 0.2) is 24.3 Å². The second kappa shape index (κ2) is 4.94. The molecular formula is C11H10F4N2O2. The van der Waals surface area contributed by atoms with Gasteiger partial charge in [-0.1, -0.05) is 18.2 Å². The number of nitrogens with one attached hydrogen (secondary N) is 2. The summed E-state index contributed by atoms with van der Waals surface area (Å²) in [5.74, 6) is -0.387. The summed E-state index contributed by atoms with van der Waals surface area (Å²) in [6.07, 6.45) is -8.51. The van der Waals surface area contributed by atoms with Crippen molar-refractivity contribution in [3.8, 4) is 5.75 Å². The van der Waals surface area contributed by atoms with Crippen molar-refractivity contribution in [2.45, 2.75) is 18.6 Å². The number of para-hydroxylation sites is 1. The maximum Gasteiger partial charge on any atom is 0.461 e. The van der Waals surface area contributed by atoms with E-state index in [9.17, 15) is 22.4 Å². The van der Waals surface area contributed by atoms with E-state index in [2.05, 4.69) is 15.4 Å². The molecule has 0 radical (unpaired) electrons. The van der Waals surface area contributed by atoms with Crippen LogP contribution in [0, 0.1) is 0 Å². The standard InChI is InChI=1S/C11H10F4N2O2/c12-9(13)11(14,15)19-8-4-2-1-3-6(8)7-5-16-10(18)17-7/h1-4,7,9H,5H2,(H2,16,17,18)/t7-/m1/s1. The third-order valence-corrected chi connectivity index (χ3v) is 2.57. The number of rotatable bonds is 4. The van der Waals surface area contributed by atoms with E-state index in [4.69, 9.17) is 0 Å². The lowest BCUT2D eigenvalue weighted by atomic mass is 10.1. The van der Waals surface area contributed by atoms with Gasteiger partial charge < -0.3 is 15.4 Å². The zero-order valence-electron chi connectivity index (χ0n) is 9.50. The van der Waals surface area contributed by atoms with Crippen molar-refractivity contribution in [3.05, 3.63) is 29.8 Å². The fourth-order valence-corrected chi connectivity index (χ4v) is 1.70. The Hall–Kier alpha value is -1.99. The molecular weight excluding hydrogens is 268 g/mol. The number of carbonyl (C=O) groups is 1. The van der Waals surface area contributed by atoms with E-state index in [0.717, 1.165) is 6.07 Å². The van der Waals surface area contributed by atoms with Crippen molar-refractivity contribution in [2.75, 3.05) is 6.54 Å². The van der Waals surface area contributed by atoms with E-state index >= 15 is 0 Å². The Morgan fingerprint density at radius 3 is 2.58 bits per heavy atom. The molecule has 2 rings (SSSR count). The lowest BCUT2D eigenvalue weighted by Crippen LogP contribution is -2.34. The molecule has 104 valence electrons. The number of hydrogen-bond donors (Lipinski definition) is 2. The fraction of sp³-hybridized carbons (Fsp3) is 0.364. The van der Waals surface area contributed by atoms with Gasteiger partial charge in [-0.05, 0) is 6.07 Å². The number of hydrogen-bond acceptors (Lipinski definition) is 2. The van der Waals surface area contributed by atoms with Crippen molar-refractivity contribution in [1.29, 1.82) is 0 Å². The summed E-state index contributed by atoms with van der Waals surface area (Å²) < 4.78 is 54.1. The van der Waals surface area contributed by atoms with Crippen LogP contribution < -0.4 is 15.4 Å². The van der Waals surface area contributed by atoms with Gasteiger partial charge in [-0.2, -0.15) is 17.6 Å². The van der Waals surface area contributed by atoms with Gasteiger partial charge in [0, 0.05) is 12.1 Å². The average molecular weight is 278 g/mol. The van der Waals surface area contributed by atoms with Crippen LogP contribution in [0.3, 0.4) is 0 Å². The Kier molecular flexibility index (Phi) is 3.50. The lowest BCUT2D eigenvalue weighted by molar-refractivity contribution is -0.253. The van der Waals surface area contributed by atoms with Gasteiger partial charge in [-0.15, -0.1) is 0 Å². The van der Waals surface area contributed by atoms with Crippen molar-refractivity contribution in [2.24, 2.45) is 0 Å². The summed E-state index contributed by atoms with van der Waals surface area (Å²) in [6.45, 7) is 0.166. The molecule has 0 spiro atoms. The molecule has 0 aromatic heterocycles. The van der Waals surface area contributed by atoms with E-state index in [1.54, 1.807) is 0 Å². The van der Waals surface area contributed by atoms with Crippen LogP contribution in [0.2, 0.25) is 0 Å². The largest absolute Gasteiger partial charge is 0.461 e. The zero-order chi connectivity index (χ0) is 14.0. The Balaban J connectivity index is 2.24. The normalized spacial score (nSPS) is 19.2. The number of benzene rings is 1.